The van der Waals surface area contributed by atoms with Gasteiger partial charge < -0.3 is 10.5 Å². The molecule has 5 heteroatoms. The summed E-state index contributed by atoms with van der Waals surface area (Å²) in [7, 11) is 0. The normalized spacial score (nSPS) is 14.5. The lowest BCUT2D eigenvalue weighted by atomic mass is 10.0. The Hall–Kier alpha value is -1.85. The summed E-state index contributed by atoms with van der Waals surface area (Å²) >= 11 is 1.54. The molecule has 0 spiro atoms. The Balaban J connectivity index is 1.71. The van der Waals surface area contributed by atoms with Crippen molar-refractivity contribution in [3.8, 4) is 0 Å². The maximum absolute atomic E-state index is 12.2. The number of rotatable bonds is 5. The molecule has 0 aliphatic carbocycles. The Morgan fingerprint density at radius 1 is 1.35 bits per heavy atom. The molecule has 0 fully saturated rings. The van der Waals surface area contributed by atoms with E-state index < -0.39 is 0 Å². The Labute approximate surface area is 140 Å². The zero-order valence-electron chi connectivity index (χ0n) is 13.4. The van der Waals surface area contributed by atoms with Crippen LogP contribution in [0.2, 0.25) is 0 Å². The predicted octanol–water partition coefficient (Wildman–Crippen LogP) is 3.11. The number of esters is 1. The zero-order valence-corrected chi connectivity index (χ0v) is 14.2. The number of nitrogens with two attached hydrogens (primary N) is 1. The minimum absolute atomic E-state index is 0.285. The highest BCUT2D eigenvalue weighted by Crippen LogP contribution is 2.35. The standard InChI is InChI=1S/C18H22N2O2S/c1-2-22-18(21)16-14-12-20(11-9-15(14)23-17(16)19)10-8-13-6-4-3-5-7-13/h3-7H,2,8-12,19H2,1H3. The number of ether oxygens (including phenoxy) is 1. The van der Waals surface area contributed by atoms with Crippen molar-refractivity contribution in [2.45, 2.75) is 26.3 Å². The molecule has 1 aliphatic heterocycles. The van der Waals surface area contributed by atoms with E-state index in [1.807, 2.05) is 13.0 Å². The van der Waals surface area contributed by atoms with Gasteiger partial charge in [0.1, 0.15) is 5.00 Å². The summed E-state index contributed by atoms with van der Waals surface area (Å²) in [5.74, 6) is -0.285. The molecule has 1 aromatic carbocycles. The highest BCUT2D eigenvalue weighted by molar-refractivity contribution is 7.16. The average Bonchev–Trinajstić information content (AvgIpc) is 2.89. The first kappa shape index (κ1) is 16.0. The topological polar surface area (TPSA) is 55.6 Å². The molecule has 0 bridgehead atoms. The van der Waals surface area contributed by atoms with E-state index in [4.69, 9.17) is 10.5 Å². The van der Waals surface area contributed by atoms with E-state index in [1.54, 1.807) is 0 Å². The SMILES string of the molecule is CCOC(=O)c1c(N)sc2c1CN(CCc1ccccc1)CC2. The number of hydrogen-bond donors (Lipinski definition) is 1. The number of carbonyl (C=O) groups is 1. The van der Waals surface area contributed by atoms with Crippen molar-refractivity contribution in [2.75, 3.05) is 25.4 Å². The zero-order chi connectivity index (χ0) is 16.2. The van der Waals surface area contributed by atoms with E-state index >= 15 is 0 Å². The summed E-state index contributed by atoms with van der Waals surface area (Å²) in [6.45, 7) is 4.98. The molecule has 0 saturated carbocycles. The van der Waals surface area contributed by atoms with Crippen LogP contribution in [0.1, 0.15) is 33.3 Å². The molecule has 1 aromatic heterocycles. The quantitative estimate of drug-likeness (QED) is 0.856. The number of anilines is 1. The fourth-order valence-corrected chi connectivity index (χ4v) is 4.07. The van der Waals surface area contributed by atoms with Gasteiger partial charge in [-0.15, -0.1) is 11.3 Å². The van der Waals surface area contributed by atoms with Crippen molar-refractivity contribution in [3.05, 3.63) is 51.9 Å². The molecule has 0 atom stereocenters. The third-order valence-corrected chi connectivity index (χ3v) is 5.31. The van der Waals surface area contributed by atoms with Gasteiger partial charge in [-0.3, -0.25) is 4.90 Å². The van der Waals surface area contributed by atoms with Crippen LogP contribution in [-0.2, 0) is 24.1 Å². The number of hydrogen-bond acceptors (Lipinski definition) is 5. The van der Waals surface area contributed by atoms with Crippen molar-refractivity contribution >= 4 is 22.3 Å². The number of thiophene rings is 1. The molecular formula is C18H22N2O2S. The Morgan fingerprint density at radius 3 is 2.87 bits per heavy atom. The van der Waals surface area contributed by atoms with Gasteiger partial charge in [0.2, 0.25) is 0 Å². The summed E-state index contributed by atoms with van der Waals surface area (Å²) in [6.07, 6.45) is 1.98. The molecule has 2 aromatic rings. The third-order valence-electron chi connectivity index (χ3n) is 4.19. The molecule has 23 heavy (non-hydrogen) atoms. The lowest BCUT2D eigenvalue weighted by Gasteiger charge is -2.27. The maximum atomic E-state index is 12.2. The average molecular weight is 330 g/mol. The number of fused-ring (bicyclic) bond motifs is 1. The van der Waals surface area contributed by atoms with Crippen LogP contribution in [0.15, 0.2) is 30.3 Å². The van der Waals surface area contributed by atoms with E-state index in [0.717, 1.165) is 38.0 Å². The summed E-state index contributed by atoms with van der Waals surface area (Å²) < 4.78 is 5.17. The first-order valence-electron chi connectivity index (χ1n) is 8.02. The van der Waals surface area contributed by atoms with Gasteiger partial charge in [0.15, 0.2) is 0 Å². The van der Waals surface area contributed by atoms with Crippen LogP contribution in [0.4, 0.5) is 5.00 Å². The lowest BCUT2D eigenvalue weighted by molar-refractivity contribution is 0.0525. The molecule has 0 saturated heterocycles. The fourth-order valence-electron chi connectivity index (χ4n) is 3.01. The molecule has 2 heterocycles. The van der Waals surface area contributed by atoms with E-state index in [-0.39, 0.29) is 5.97 Å². The predicted molar refractivity (Wildman–Crippen MR) is 93.8 cm³/mol. The smallest absolute Gasteiger partial charge is 0.341 e. The second-order valence-corrected chi connectivity index (χ2v) is 6.86. The highest BCUT2D eigenvalue weighted by atomic mass is 32.1. The van der Waals surface area contributed by atoms with Crippen LogP contribution in [0.25, 0.3) is 0 Å². The van der Waals surface area contributed by atoms with Crippen LogP contribution < -0.4 is 5.73 Å². The molecule has 122 valence electrons. The van der Waals surface area contributed by atoms with Crippen molar-refractivity contribution in [2.24, 2.45) is 0 Å². The van der Waals surface area contributed by atoms with Crippen LogP contribution in [0.3, 0.4) is 0 Å². The van der Waals surface area contributed by atoms with Crippen LogP contribution >= 0.6 is 11.3 Å². The summed E-state index contributed by atoms with van der Waals surface area (Å²) in [4.78, 5) is 15.8. The summed E-state index contributed by atoms with van der Waals surface area (Å²) in [6, 6.07) is 10.5. The van der Waals surface area contributed by atoms with E-state index in [1.165, 1.54) is 21.8 Å². The highest BCUT2D eigenvalue weighted by Gasteiger charge is 2.27. The first-order valence-corrected chi connectivity index (χ1v) is 8.84. The molecule has 3 rings (SSSR count). The minimum Gasteiger partial charge on any atom is -0.462 e. The van der Waals surface area contributed by atoms with E-state index in [2.05, 4.69) is 29.2 Å². The van der Waals surface area contributed by atoms with Crippen molar-refractivity contribution in [1.29, 1.82) is 0 Å². The van der Waals surface area contributed by atoms with Gasteiger partial charge in [-0.2, -0.15) is 0 Å². The Bertz CT molecular complexity index is 682. The Morgan fingerprint density at radius 2 is 2.13 bits per heavy atom. The second-order valence-electron chi connectivity index (χ2n) is 5.73. The minimum atomic E-state index is -0.285. The molecule has 2 N–H and O–H groups in total. The molecule has 0 unspecified atom stereocenters. The molecular weight excluding hydrogens is 308 g/mol. The van der Waals surface area contributed by atoms with Gasteiger partial charge in [0, 0.05) is 24.5 Å². The molecule has 0 radical (unpaired) electrons. The maximum Gasteiger partial charge on any atom is 0.341 e. The van der Waals surface area contributed by atoms with Crippen molar-refractivity contribution < 1.29 is 9.53 Å². The molecule has 1 aliphatic rings. The van der Waals surface area contributed by atoms with Gasteiger partial charge in [-0.05, 0) is 30.9 Å². The van der Waals surface area contributed by atoms with Crippen LogP contribution in [-0.4, -0.2) is 30.6 Å². The van der Waals surface area contributed by atoms with Crippen molar-refractivity contribution in [3.63, 3.8) is 0 Å². The van der Waals surface area contributed by atoms with Crippen LogP contribution in [0.5, 0.6) is 0 Å². The number of benzene rings is 1. The first-order chi connectivity index (χ1) is 11.2. The van der Waals surface area contributed by atoms with Gasteiger partial charge >= 0.3 is 5.97 Å². The molecule has 0 amide bonds. The summed E-state index contributed by atoms with van der Waals surface area (Å²) in [5.41, 5.74) is 9.07. The third kappa shape index (κ3) is 3.57. The van der Waals surface area contributed by atoms with Gasteiger partial charge in [-0.25, -0.2) is 4.79 Å². The largest absolute Gasteiger partial charge is 0.462 e. The molecule has 4 nitrogen and oxygen atoms in total. The lowest BCUT2D eigenvalue weighted by Crippen LogP contribution is -2.32. The van der Waals surface area contributed by atoms with Gasteiger partial charge in [0.05, 0.1) is 12.2 Å². The van der Waals surface area contributed by atoms with Gasteiger partial charge in [-0.1, -0.05) is 30.3 Å². The second kappa shape index (κ2) is 7.15. The van der Waals surface area contributed by atoms with Crippen molar-refractivity contribution in [1.82, 2.24) is 4.90 Å². The Kier molecular flexibility index (Phi) is 4.98. The van der Waals surface area contributed by atoms with E-state index in [9.17, 15) is 4.79 Å². The van der Waals surface area contributed by atoms with Gasteiger partial charge in [0.25, 0.3) is 0 Å². The van der Waals surface area contributed by atoms with Crippen LogP contribution in [0, 0.1) is 0 Å². The monoisotopic (exact) mass is 330 g/mol. The fraction of sp³-hybridized carbons (Fsp3) is 0.389. The van der Waals surface area contributed by atoms with E-state index in [0.29, 0.717) is 17.2 Å². The number of nitrogens with zero attached hydrogens (tertiary/aromatic N) is 1. The summed E-state index contributed by atoms with van der Waals surface area (Å²) in [5, 5.41) is 0.596. The number of carbonyl (C=O) groups excluding carboxylic acids is 1. The number of nitrogen functional groups attached to an aromatic ring is 1.